The number of fused-ring (bicyclic) bond motifs is 3. The van der Waals surface area contributed by atoms with Gasteiger partial charge in [0.1, 0.15) is 17.3 Å². The quantitative estimate of drug-likeness (QED) is 0.443. The molecule has 6 rings (SSSR count). The van der Waals surface area contributed by atoms with Crippen molar-refractivity contribution in [3.8, 4) is 17.1 Å². The topological polar surface area (TPSA) is 106 Å². The van der Waals surface area contributed by atoms with E-state index in [1.165, 1.54) is 0 Å². The predicted octanol–water partition coefficient (Wildman–Crippen LogP) is 2.87. The fourth-order valence-corrected chi connectivity index (χ4v) is 4.86. The third-order valence-electron chi connectivity index (χ3n) is 6.82. The molecule has 0 unspecified atom stereocenters. The van der Waals surface area contributed by atoms with Crippen LogP contribution in [0.5, 0.6) is 5.75 Å². The van der Waals surface area contributed by atoms with Crippen LogP contribution in [0.3, 0.4) is 0 Å². The monoisotopic (exact) mass is 487 g/mol. The molecule has 10 heteroatoms. The Morgan fingerprint density at radius 3 is 2.72 bits per heavy atom. The fourth-order valence-electron chi connectivity index (χ4n) is 4.86. The third-order valence-corrected chi connectivity index (χ3v) is 6.82. The average molecular weight is 488 g/mol. The first-order valence-corrected chi connectivity index (χ1v) is 12.4. The molecule has 2 aromatic heterocycles. The molecule has 0 saturated carbocycles. The molecule has 1 atom stereocenters. The van der Waals surface area contributed by atoms with Gasteiger partial charge in [-0.1, -0.05) is 6.07 Å². The van der Waals surface area contributed by atoms with Crippen molar-refractivity contribution >= 4 is 34.1 Å². The lowest BCUT2D eigenvalue weighted by Crippen LogP contribution is -2.38. The van der Waals surface area contributed by atoms with Crippen molar-refractivity contribution in [2.45, 2.75) is 25.3 Å². The van der Waals surface area contributed by atoms with E-state index < -0.39 is 0 Å². The Bertz CT molecular complexity index is 1400. The van der Waals surface area contributed by atoms with Gasteiger partial charge in [0.15, 0.2) is 11.5 Å². The Hall–Kier alpha value is -3.92. The molecule has 4 heterocycles. The molecular formula is C26H29N7O3. The molecule has 0 bridgehead atoms. The largest absolute Gasteiger partial charge is 0.497 e. The molecule has 2 aliphatic heterocycles. The van der Waals surface area contributed by atoms with Crippen LogP contribution in [0, 0.1) is 0 Å². The number of morpholine rings is 1. The van der Waals surface area contributed by atoms with Crippen molar-refractivity contribution in [1.29, 1.82) is 0 Å². The molecular weight excluding hydrogens is 458 g/mol. The zero-order valence-electron chi connectivity index (χ0n) is 20.2. The van der Waals surface area contributed by atoms with E-state index in [1.54, 1.807) is 11.6 Å². The van der Waals surface area contributed by atoms with Gasteiger partial charge in [0.2, 0.25) is 11.9 Å². The summed E-state index contributed by atoms with van der Waals surface area (Å²) in [5.41, 5.74) is 3.42. The smallest absolute Gasteiger partial charge is 0.242 e. The Kier molecular flexibility index (Phi) is 6.02. The summed E-state index contributed by atoms with van der Waals surface area (Å²) in [4.78, 5) is 25.0. The number of nitrogens with one attached hydrogen (secondary N) is 2. The molecule has 186 valence electrons. The number of carbonyl (C=O) groups excluding carboxylic acids is 1. The minimum Gasteiger partial charge on any atom is -0.497 e. The minimum atomic E-state index is -0.384. The summed E-state index contributed by atoms with van der Waals surface area (Å²) in [5.74, 6) is 1.84. The number of nitrogens with zero attached hydrogens (tertiary/aromatic N) is 5. The molecule has 2 saturated heterocycles. The lowest BCUT2D eigenvalue weighted by Gasteiger charge is -2.29. The van der Waals surface area contributed by atoms with E-state index in [0.717, 1.165) is 60.3 Å². The first kappa shape index (κ1) is 22.5. The van der Waals surface area contributed by atoms with Crippen molar-refractivity contribution in [3.05, 3.63) is 42.5 Å². The van der Waals surface area contributed by atoms with Gasteiger partial charge in [-0.3, -0.25) is 4.79 Å². The van der Waals surface area contributed by atoms with Crippen molar-refractivity contribution in [3.63, 3.8) is 0 Å². The maximum absolute atomic E-state index is 12.7. The summed E-state index contributed by atoms with van der Waals surface area (Å²) in [5, 5.41) is 12.1. The second kappa shape index (κ2) is 9.62. The molecule has 2 aliphatic rings. The number of hydrogen-bond acceptors (Lipinski definition) is 8. The molecule has 0 spiro atoms. The second-order valence-corrected chi connectivity index (χ2v) is 9.09. The van der Waals surface area contributed by atoms with Gasteiger partial charge in [-0.05, 0) is 55.7 Å². The Morgan fingerprint density at radius 2 is 1.92 bits per heavy atom. The van der Waals surface area contributed by atoms with Crippen molar-refractivity contribution < 1.29 is 14.3 Å². The highest BCUT2D eigenvalue weighted by Crippen LogP contribution is 2.32. The zero-order valence-corrected chi connectivity index (χ0v) is 20.2. The van der Waals surface area contributed by atoms with Crippen molar-refractivity contribution in [2.75, 3.05) is 50.2 Å². The van der Waals surface area contributed by atoms with Gasteiger partial charge in [-0.2, -0.15) is 4.52 Å². The van der Waals surface area contributed by atoms with Gasteiger partial charge in [0.05, 0.1) is 26.0 Å². The highest BCUT2D eigenvalue weighted by molar-refractivity contribution is 6.00. The number of carbonyl (C=O) groups is 1. The molecule has 2 fully saturated rings. The number of methoxy groups -OCH3 is 1. The predicted molar refractivity (Wildman–Crippen MR) is 138 cm³/mol. The van der Waals surface area contributed by atoms with Gasteiger partial charge in [0, 0.05) is 30.6 Å². The summed E-state index contributed by atoms with van der Waals surface area (Å²) in [6, 6.07) is 13.4. The van der Waals surface area contributed by atoms with Crippen LogP contribution in [0.1, 0.15) is 19.3 Å². The number of ether oxygens (including phenoxy) is 2. The minimum absolute atomic E-state index is 0.0143. The van der Waals surface area contributed by atoms with Crippen LogP contribution >= 0.6 is 0 Å². The average Bonchev–Trinajstić information content (AvgIpc) is 3.29. The van der Waals surface area contributed by atoms with Crippen molar-refractivity contribution in [2.24, 2.45) is 0 Å². The highest BCUT2D eigenvalue weighted by atomic mass is 16.5. The number of amides is 1. The standard InChI is InChI=1S/C26H29N7O3/c1-35-18-10-8-17(9-11-18)23-30-24-19-5-4-7-21(32-13-15-36-16-14-32)22(19)29-26(33(24)31-23)28-20-6-2-3-12-27-25(20)34/h4-5,7-11,20H,2-3,6,12-16H2,1H3,(H,27,34)(H,28,29)/t20-/m1/s1. The summed E-state index contributed by atoms with van der Waals surface area (Å²) in [6.45, 7) is 3.65. The van der Waals surface area contributed by atoms with E-state index in [1.807, 2.05) is 36.4 Å². The molecule has 0 radical (unpaired) electrons. The van der Waals surface area contributed by atoms with Crippen LogP contribution < -0.4 is 20.3 Å². The molecule has 0 aliphatic carbocycles. The number of rotatable bonds is 5. The van der Waals surface area contributed by atoms with E-state index in [4.69, 9.17) is 24.5 Å². The maximum Gasteiger partial charge on any atom is 0.242 e. The van der Waals surface area contributed by atoms with Gasteiger partial charge < -0.3 is 25.0 Å². The molecule has 2 N–H and O–H groups in total. The van der Waals surface area contributed by atoms with Gasteiger partial charge in [-0.25, -0.2) is 9.97 Å². The van der Waals surface area contributed by atoms with Gasteiger partial charge in [-0.15, -0.1) is 5.10 Å². The Balaban J connectivity index is 1.51. The number of para-hydroxylation sites is 1. The third kappa shape index (κ3) is 4.17. The fraction of sp³-hybridized carbons (Fsp3) is 0.385. The first-order chi connectivity index (χ1) is 17.7. The lowest BCUT2D eigenvalue weighted by atomic mass is 10.1. The molecule has 36 heavy (non-hydrogen) atoms. The van der Waals surface area contributed by atoms with Gasteiger partial charge in [0.25, 0.3) is 0 Å². The molecule has 1 amide bonds. The summed E-state index contributed by atoms with van der Waals surface area (Å²) in [6.07, 6.45) is 2.66. The normalized spacial score (nSPS) is 18.8. The highest BCUT2D eigenvalue weighted by Gasteiger charge is 2.25. The van der Waals surface area contributed by atoms with Crippen LogP contribution in [0.25, 0.3) is 27.9 Å². The van der Waals surface area contributed by atoms with E-state index in [2.05, 4.69) is 21.6 Å². The van der Waals surface area contributed by atoms with E-state index in [0.29, 0.717) is 37.2 Å². The number of anilines is 2. The Labute approximate surface area is 208 Å². The zero-order chi connectivity index (χ0) is 24.5. The number of benzene rings is 2. The van der Waals surface area contributed by atoms with Crippen LogP contribution in [0.2, 0.25) is 0 Å². The van der Waals surface area contributed by atoms with Crippen LogP contribution in [-0.4, -0.2) is 71.5 Å². The molecule has 2 aromatic carbocycles. The summed E-state index contributed by atoms with van der Waals surface area (Å²) in [7, 11) is 1.64. The second-order valence-electron chi connectivity index (χ2n) is 9.09. The van der Waals surface area contributed by atoms with E-state index in [9.17, 15) is 4.79 Å². The first-order valence-electron chi connectivity index (χ1n) is 12.4. The maximum atomic E-state index is 12.7. The Morgan fingerprint density at radius 1 is 1.08 bits per heavy atom. The summed E-state index contributed by atoms with van der Waals surface area (Å²) < 4.78 is 12.6. The summed E-state index contributed by atoms with van der Waals surface area (Å²) >= 11 is 0. The van der Waals surface area contributed by atoms with Crippen LogP contribution in [0.15, 0.2) is 42.5 Å². The van der Waals surface area contributed by atoms with Crippen LogP contribution in [-0.2, 0) is 9.53 Å². The lowest BCUT2D eigenvalue weighted by molar-refractivity contribution is -0.121. The van der Waals surface area contributed by atoms with E-state index >= 15 is 0 Å². The molecule has 4 aromatic rings. The van der Waals surface area contributed by atoms with E-state index in [-0.39, 0.29) is 11.9 Å². The van der Waals surface area contributed by atoms with Crippen LogP contribution in [0.4, 0.5) is 11.6 Å². The van der Waals surface area contributed by atoms with Gasteiger partial charge >= 0.3 is 0 Å². The number of aromatic nitrogens is 4. The molecule has 10 nitrogen and oxygen atoms in total. The SMILES string of the molecule is COc1ccc(-c2nc3c4cccc(N5CCOCC5)c4nc(N[C@@H]4CCCCNC4=O)n3n2)cc1. The van der Waals surface area contributed by atoms with Crippen molar-refractivity contribution in [1.82, 2.24) is 24.9 Å². The number of hydrogen-bond donors (Lipinski definition) is 2.